The smallest absolute Gasteiger partial charge is 0.313 e. The lowest BCUT2D eigenvalue weighted by atomic mass is 10.3. The molecular formula is C11H14ClN3O3. The molecule has 1 rings (SSSR count). The van der Waals surface area contributed by atoms with Gasteiger partial charge in [-0.15, -0.1) is 0 Å². The van der Waals surface area contributed by atoms with Gasteiger partial charge < -0.3 is 21.5 Å². The molecule has 0 aliphatic heterocycles. The maximum Gasteiger partial charge on any atom is 0.313 e. The van der Waals surface area contributed by atoms with Crippen LogP contribution in [0.1, 0.15) is 6.42 Å². The maximum atomic E-state index is 11.4. The summed E-state index contributed by atoms with van der Waals surface area (Å²) in [6, 6.07) is 4.53. The van der Waals surface area contributed by atoms with Crippen LogP contribution in [0.3, 0.4) is 0 Å². The second-order valence-electron chi connectivity index (χ2n) is 3.52. The van der Waals surface area contributed by atoms with Crippen molar-refractivity contribution in [1.29, 1.82) is 0 Å². The number of hydrogen-bond acceptors (Lipinski definition) is 4. The third-order valence-electron chi connectivity index (χ3n) is 2.08. The third-order valence-corrected chi connectivity index (χ3v) is 2.41. The Balaban J connectivity index is 2.53. The fourth-order valence-corrected chi connectivity index (χ4v) is 1.33. The molecule has 1 aromatic carbocycles. The summed E-state index contributed by atoms with van der Waals surface area (Å²) in [5, 5.41) is 13.6. The van der Waals surface area contributed by atoms with E-state index in [2.05, 4.69) is 10.6 Å². The van der Waals surface area contributed by atoms with Crippen LogP contribution >= 0.6 is 11.6 Å². The Morgan fingerprint density at radius 1 is 1.33 bits per heavy atom. The van der Waals surface area contributed by atoms with Crippen molar-refractivity contribution in [2.24, 2.45) is 0 Å². The fourth-order valence-electron chi connectivity index (χ4n) is 1.15. The summed E-state index contributed by atoms with van der Waals surface area (Å²) in [7, 11) is 0. The number of anilines is 2. The number of carbonyl (C=O) groups excluding carboxylic acids is 2. The number of benzene rings is 1. The van der Waals surface area contributed by atoms with Gasteiger partial charge in [-0.3, -0.25) is 9.59 Å². The third kappa shape index (κ3) is 4.23. The van der Waals surface area contributed by atoms with Gasteiger partial charge in [0.1, 0.15) is 0 Å². The zero-order valence-corrected chi connectivity index (χ0v) is 10.3. The number of aliphatic hydroxyl groups is 1. The highest BCUT2D eigenvalue weighted by Gasteiger charge is 2.13. The molecule has 5 N–H and O–H groups in total. The van der Waals surface area contributed by atoms with Crippen LogP contribution in [0.25, 0.3) is 0 Å². The normalized spacial score (nSPS) is 9.89. The molecule has 0 aliphatic carbocycles. The van der Waals surface area contributed by atoms with Gasteiger partial charge in [-0.25, -0.2) is 0 Å². The number of nitrogen functional groups attached to an aromatic ring is 1. The van der Waals surface area contributed by atoms with Gasteiger partial charge in [0.25, 0.3) is 0 Å². The zero-order chi connectivity index (χ0) is 13.5. The summed E-state index contributed by atoms with van der Waals surface area (Å²) < 4.78 is 0. The van der Waals surface area contributed by atoms with Crippen LogP contribution in [0.2, 0.25) is 5.02 Å². The monoisotopic (exact) mass is 271 g/mol. The number of amides is 2. The highest BCUT2D eigenvalue weighted by molar-refractivity contribution is 6.40. The van der Waals surface area contributed by atoms with Crippen molar-refractivity contribution in [3.8, 4) is 0 Å². The molecule has 0 heterocycles. The van der Waals surface area contributed by atoms with Crippen LogP contribution in [0, 0.1) is 0 Å². The van der Waals surface area contributed by atoms with Crippen molar-refractivity contribution < 1.29 is 14.7 Å². The van der Waals surface area contributed by atoms with Crippen molar-refractivity contribution in [2.75, 3.05) is 24.2 Å². The molecule has 0 bridgehead atoms. The molecule has 0 aromatic heterocycles. The molecule has 0 fully saturated rings. The van der Waals surface area contributed by atoms with Crippen LogP contribution in [0.15, 0.2) is 18.2 Å². The second kappa shape index (κ2) is 6.83. The van der Waals surface area contributed by atoms with Crippen LogP contribution in [-0.2, 0) is 9.59 Å². The molecule has 0 unspecified atom stereocenters. The Kier molecular flexibility index (Phi) is 5.41. The average molecular weight is 272 g/mol. The van der Waals surface area contributed by atoms with E-state index in [4.69, 9.17) is 22.4 Å². The first-order chi connectivity index (χ1) is 8.54. The maximum absolute atomic E-state index is 11.4. The number of hydrogen-bond donors (Lipinski definition) is 4. The Morgan fingerprint density at radius 3 is 2.67 bits per heavy atom. The predicted molar refractivity (Wildman–Crippen MR) is 69.2 cm³/mol. The predicted octanol–water partition coefficient (Wildman–Crippen LogP) is 0.359. The summed E-state index contributed by atoms with van der Waals surface area (Å²) in [4.78, 5) is 22.8. The largest absolute Gasteiger partial charge is 0.398 e. The summed E-state index contributed by atoms with van der Waals surface area (Å²) in [5.74, 6) is -1.56. The lowest BCUT2D eigenvalue weighted by molar-refractivity contribution is -0.136. The number of carbonyl (C=O) groups is 2. The van der Waals surface area contributed by atoms with Gasteiger partial charge in [0.05, 0.1) is 10.7 Å². The molecule has 0 atom stereocenters. The fraction of sp³-hybridized carbons (Fsp3) is 0.273. The molecule has 0 saturated carbocycles. The number of aliphatic hydroxyl groups excluding tert-OH is 1. The Labute approximate surface area is 109 Å². The van der Waals surface area contributed by atoms with Crippen LogP contribution < -0.4 is 16.4 Å². The van der Waals surface area contributed by atoms with Gasteiger partial charge >= 0.3 is 11.8 Å². The molecule has 98 valence electrons. The minimum atomic E-state index is -0.797. The highest BCUT2D eigenvalue weighted by Crippen LogP contribution is 2.22. The molecule has 6 nitrogen and oxygen atoms in total. The minimum Gasteiger partial charge on any atom is -0.398 e. The Hall–Kier alpha value is -1.79. The lowest BCUT2D eigenvalue weighted by Crippen LogP contribution is -2.36. The second-order valence-corrected chi connectivity index (χ2v) is 3.93. The van der Waals surface area contributed by atoms with E-state index < -0.39 is 11.8 Å². The molecule has 0 aliphatic rings. The summed E-state index contributed by atoms with van der Waals surface area (Å²) in [6.07, 6.45) is 0.396. The Bertz CT molecular complexity index is 451. The topological polar surface area (TPSA) is 104 Å². The van der Waals surface area contributed by atoms with E-state index >= 15 is 0 Å². The van der Waals surface area contributed by atoms with Gasteiger partial charge in [-0.1, -0.05) is 11.6 Å². The molecule has 1 aromatic rings. The van der Waals surface area contributed by atoms with E-state index in [0.29, 0.717) is 22.8 Å². The summed E-state index contributed by atoms with van der Waals surface area (Å²) >= 11 is 5.77. The van der Waals surface area contributed by atoms with Crippen molar-refractivity contribution in [2.45, 2.75) is 6.42 Å². The van der Waals surface area contributed by atoms with E-state index in [-0.39, 0.29) is 13.2 Å². The zero-order valence-electron chi connectivity index (χ0n) is 9.57. The molecule has 18 heavy (non-hydrogen) atoms. The first-order valence-corrected chi connectivity index (χ1v) is 5.67. The molecule has 0 saturated heterocycles. The number of nitrogens with two attached hydrogens (primary N) is 1. The van der Waals surface area contributed by atoms with Gasteiger partial charge in [0, 0.05) is 18.8 Å². The van der Waals surface area contributed by atoms with Crippen molar-refractivity contribution in [1.82, 2.24) is 5.32 Å². The molecule has 2 amide bonds. The summed E-state index contributed by atoms with van der Waals surface area (Å²) in [5.41, 5.74) is 6.29. The highest BCUT2D eigenvalue weighted by atomic mass is 35.5. The first-order valence-electron chi connectivity index (χ1n) is 5.29. The molecule has 7 heteroatoms. The minimum absolute atomic E-state index is 0.0462. The van der Waals surface area contributed by atoms with Crippen LogP contribution in [-0.4, -0.2) is 30.1 Å². The van der Waals surface area contributed by atoms with E-state index in [1.807, 2.05) is 0 Å². The quantitative estimate of drug-likeness (QED) is 0.360. The van der Waals surface area contributed by atoms with Gasteiger partial charge in [0.2, 0.25) is 0 Å². The van der Waals surface area contributed by atoms with Crippen LogP contribution in [0.4, 0.5) is 11.4 Å². The average Bonchev–Trinajstić information content (AvgIpc) is 2.34. The van der Waals surface area contributed by atoms with E-state index in [9.17, 15) is 9.59 Å². The number of halogens is 1. The van der Waals surface area contributed by atoms with E-state index in [1.54, 1.807) is 6.07 Å². The van der Waals surface area contributed by atoms with Gasteiger partial charge in [0.15, 0.2) is 0 Å². The van der Waals surface area contributed by atoms with Gasteiger partial charge in [-0.2, -0.15) is 0 Å². The molecule has 0 spiro atoms. The SMILES string of the molecule is Nc1ccc(NC(=O)C(=O)NCCCO)cc1Cl. The van der Waals surface area contributed by atoms with Crippen molar-refractivity contribution in [3.05, 3.63) is 23.2 Å². The standard InChI is InChI=1S/C11H14ClN3O3/c12-8-6-7(2-3-9(8)13)15-11(18)10(17)14-4-1-5-16/h2-3,6,16H,1,4-5,13H2,(H,14,17)(H,15,18). The Morgan fingerprint density at radius 2 is 2.06 bits per heavy atom. The van der Waals surface area contributed by atoms with E-state index in [0.717, 1.165) is 0 Å². The number of nitrogens with one attached hydrogen (secondary N) is 2. The lowest BCUT2D eigenvalue weighted by Gasteiger charge is -2.07. The van der Waals surface area contributed by atoms with E-state index in [1.165, 1.54) is 12.1 Å². The van der Waals surface area contributed by atoms with Crippen LogP contribution in [0.5, 0.6) is 0 Å². The van der Waals surface area contributed by atoms with Gasteiger partial charge in [-0.05, 0) is 24.6 Å². The van der Waals surface area contributed by atoms with Crippen molar-refractivity contribution in [3.63, 3.8) is 0 Å². The van der Waals surface area contributed by atoms with Crippen molar-refractivity contribution >= 4 is 34.8 Å². The number of rotatable bonds is 4. The molecule has 0 radical (unpaired) electrons. The summed E-state index contributed by atoms with van der Waals surface area (Å²) in [6.45, 7) is 0.195. The first kappa shape index (κ1) is 14.3. The molecular weight excluding hydrogens is 258 g/mol.